The summed E-state index contributed by atoms with van der Waals surface area (Å²) < 4.78 is 5.69. The molecule has 2 aromatic heterocycles. The fourth-order valence-electron chi connectivity index (χ4n) is 1.98. The maximum absolute atomic E-state index is 6.10. The van der Waals surface area contributed by atoms with Gasteiger partial charge < -0.3 is 15.1 Å². The van der Waals surface area contributed by atoms with Gasteiger partial charge in [0.15, 0.2) is 5.58 Å². The Morgan fingerprint density at radius 1 is 1.44 bits per heavy atom. The third kappa shape index (κ3) is 1.89. The molecule has 0 amide bonds. The zero-order chi connectivity index (χ0) is 12.5. The molecule has 0 spiro atoms. The largest absolute Gasteiger partial charge is 0.439 e. The molecule has 5 nitrogen and oxygen atoms in total. The first-order chi connectivity index (χ1) is 8.74. The fraction of sp³-hybridized carbons (Fsp3) is 0.231. The van der Waals surface area contributed by atoms with Gasteiger partial charge in [-0.15, -0.1) is 0 Å². The summed E-state index contributed by atoms with van der Waals surface area (Å²) in [5.41, 5.74) is 9.83. The summed E-state index contributed by atoms with van der Waals surface area (Å²) in [6.45, 7) is 2.01. The number of oxazole rings is 1. The quantitative estimate of drug-likeness (QED) is 0.737. The van der Waals surface area contributed by atoms with Crippen LogP contribution in [0.5, 0.6) is 0 Å². The Labute approximate surface area is 104 Å². The minimum Gasteiger partial charge on any atom is -0.439 e. The molecule has 1 atom stereocenters. The van der Waals surface area contributed by atoms with Gasteiger partial charge in [0.25, 0.3) is 0 Å². The van der Waals surface area contributed by atoms with Crippen molar-refractivity contribution < 1.29 is 4.42 Å². The van der Waals surface area contributed by atoms with Gasteiger partial charge >= 0.3 is 0 Å². The highest BCUT2D eigenvalue weighted by atomic mass is 16.3. The first-order valence-corrected chi connectivity index (χ1v) is 5.83. The van der Waals surface area contributed by atoms with Crippen LogP contribution in [0.1, 0.15) is 23.2 Å². The predicted molar refractivity (Wildman–Crippen MR) is 68.0 cm³/mol. The molecule has 3 N–H and O–H groups in total. The average Bonchev–Trinajstić information content (AvgIpc) is 2.97. The normalized spacial score (nSPS) is 13.0. The first kappa shape index (κ1) is 11.0. The Morgan fingerprint density at radius 3 is 3.06 bits per heavy atom. The minimum absolute atomic E-state index is 0.266. The van der Waals surface area contributed by atoms with Gasteiger partial charge in [0.05, 0.1) is 12.4 Å². The van der Waals surface area contributed by atoms with Crippen molar-refractivity contribution in [1.29, 1.82) is 0 Å². The first-order valence-electron chi connectivity index (χ1n) is 5.83. The standard InChI is InChI=1S/C13H14N4O/c1-8-3-2-4-11-12(8)17-13(18-11)10(14)5-9-6-15-7-16-9/h2-4,6-7,10H,5,14H2,1H3,(H,15,16). The molecule has 0 bridgehead atoms. The molecule has 1 aromatic carbocycles. The number of aromatic amines is 1. The van der Waals surface area contributed by atoms with Gasteiger partial charge in [-0.2, -0.15) is 0 Å². The molecule has 0 saturated heterocycles. The molecule has 92 valence electrons. The SMILES string of the molecule is Cc1cccc2oc(C(N)Cc3cnc[nH]3)nc12. The summed E-state index contributed by atoms with van der Waals surface area (Å²) in [6.07, 6.45) is 4.03. The summed E-state index contributed by atoms with van der Waals surface area (Å²) in [4.78, 5) is 11.5. The lowest BCUT2D eigenvalue weighted by molar-refractivity contribution is 0.472. The van der Waals surface area contributed by atoms with E-state index in [-0.39, 0.29) is 6.04 Å². The van der Waals surface area contributed by atoms with Crippen molar-refractivity contribution in [2.75, 3.05) is 0 Å². The molecule has 18 heavy (non-hydrogen) atoms. The number of aromatic nitrogens is 3. The molecule has 3 aromatic rings. The number of nitrogens with one attached hydrogen (secondary N) is 1. The third-order valence-corrected chi connectivity index (χ3v) is 2.95. The lowest BCUT2D eigenvalue weighted by Gasteiger charge is -2.04. The maximum Gasteiger partial charge on any atom is 0.212 e. The Balaban J connectivity index is 1.92. The van der Waals surface area contributed by atoms with Crippen LogP contribution < -0.4 is 5.73 Å². The Hall–Kier alpha value is -2.14. The zero-order valence-electron chi connectivity index (χ0n) is 10.1. The Kier molecular flexibility index (Phi) is 2.60. The van der Waals surface area contributed by atoms with Crippen molar-refractivity contribution in [3.05, 3.63) is 47.9 Å². The summed E-state index contributed by atoms with van der Waals surface area (Å²) in [5.74, 6) is 0.564. The number of imidazole rings is 1. The van der Waals surface area contributed by atoms with Crippen LogP contribution in [0.2, 0.25) is 0 Å². The van der Waals surface area contributed by atoms with E-state index >= 15 is 0 Å². The maximum atomic E-state index is 6.10. The number of para-hydroxylation sites is 1. The number of nitrogens with zero attached hydrogens (tertiary/aromatic N) is 2. The van der Waals surface area contributed by atoms with E-state index < -0.39 is 0 Å². The average molecular weight is 242 g/mol. The van der Waals surface area contributed by atoms with Gasteiger partial charge in [0, 0.05) is 18.3 Å². The molecule has 0 aliphatic rings. The van der Waals surface area contributed by atoms with Gasteiger partial charge in [0.1, 0.15) is 5.52 Å². The van der Waals surface area contributed by atoms with E-state index in [9.17, 15) is 0 Å². The second-order valence-corrected chi connectivity index (χ2v) is 4.36. The molecule has 0 saturated carbocycles. The number of hydrogen-bond acceptors (Lipinski definition) is 4. The molecule has 0 radical (unpaired) electrons. The summed E-state index contributed by atoms with van der Waals surface area (Å²) >= 11 is 0. The van der Waals surface area contributed by atoms with Gasteiger partial charge in [-0.25, -0.2) is 9.97 Å². The number of hydrogen-bond donors (Lipinski definition) is 2. The van der Waals surface area contributed by atoms with Crippen LogP contribution in [-0.4, -0.2) is 15.0 Å². The molecule has 0 aliphatic heterocycles. The van der Waals surface area contributed by atoms with Crippen molar-refractivity contribution in [1.82, 2.24) is 15.0 Å². The molecular weight excluding hydrogens is 228 g/mol. The summed E-state index contributed by atoms with van der Waals surface area (Å²) in [7, 11) is 0. The van der Waals surface area contributed by atoms with E-state index in [4.69, 9.17) is 10.2 Å². The highest BCUT2D eigenvalue weighted by molar-refractivity contribution is 5.76. The van der Waals surface area contributed by atoms with Gasteiger partial charge in [-0.1, -0.05) is 12.1 Å². The van der Waals surface area contributed by atoms with Crippen molar-refractivity contribution in [3.8, 4) is 0 Å². The van der Waals surface area contributed by atoms with Gasteiger partial charge in [-0.3, -0.25) is 0 Å². The van der Waals surface area contributed by atoms with Gasteiger partial charge in [-0.05, 0) is 18.6 Å². The minimum atomic E-state index is -0.266. The number of fused-ring (bicyclic) bond motifs is 1. The van der Waals surface area contributed by atoms with E-state index in [1.54, 1.807) is 12.5 Å². The van der Waals surface area contributed by atoms with Crippen molar-refractivity contribution in [3.63, 3.8) is 0 Å². The lowest BCUT2D eigenvalue weighted by Crippen LogP contribution is -2.13. The highest BCUT2D eigenvalue weighted by Crippen LogP contribution is 2.23. The molecule has 0 aliphatic carbocycles. The third-order valence-electron chi connectivity index (χ3n) is 2.95. The summed E-state index contributed by atoms with van der Waals surface area (Å²) in [6, 6.07) is 5.60. The molecular formula is C13H14N4O. The van der Waals surface area contributed by atoms with E-state index in [2.05, 4.69) is 15.0 Å². The fourth-order valence-corrected chi connectivity index (χ4v) is 1.98. The van der Waals surface area contributed by atoms with Crippen molar-refractivity contribution >= 4 is 11.1 Å². The number of aryl methyl sites for hydroxylation is 1. The zero-order valence-corrected chi connectivity index (χ0v) is 10.1. The molecule has 5 heteroatoms. The predicted octanol–water partition coefficient (Wildman–Crippen LogP) is 2.10. The van der Waals surface area contributed by atoms with E-state index in [1.807, 2.05) is 25.1 Å². The second kappa shape index (κ2) is 4.27. The van der Waals surface area contributed by atoms with Crippen LogP contribution in [0.15, 0.2) is 35.1 Å². The van der Waals surface area contributed by atoms with E-state index in [0.29, 0.717) is 12.3 Å². The smallest absolute Gasteiger partial charge is 0.212 e. The molecule has 2 heterocycles. The Bertz CT molecular complexity index is 657. The van der Waals surface area contributed by atoms with Crippen LogP contribution in [0.25, 0.3) is 11.1 Å². The number of nitrogens with two attached hydrogens (primary N) is 1. The Morgan fingerprint density at radius 2 is 2.33 bits per heavy atom. The summed E-state index contributed by atoms with van der Waals surface area (Å²) in [5, 5.41) is 0. The van der Waals surface area contributed by atoms with E-state index in [0.717, 1.165) is 22.4 Å². The van der Waals surface area contributed by atoms with Crippen LogP contribution in [0, 0.1) is 6.92 Å². The van der Waals surface area contributed by atoms with Crippen molar-refractivity contribution in [2.45, 2.75) is 19.4 Å². The van der Waals surface area contributed by atoms with Crippen LogP contribution >= 0.6 is 0 Å². The number of benzene rings is 1. The molecule has 0 fully saturated rings. The monoisotopic (exact) mass is 242 g/mol. The van der Waals surface area contributed by atoms with Gasteiger partial charge in [0.2, 0.25) is 5.89 Å². The van der Waals surface area contributed by atoms with Crippen molar-refractivity contribution in [2.24, 2.45) is 5.73 Å². The molecule has 1 unspecified atom stereocenters. The van der Waals surface area contributed by atoms with Crippen LogP contribution in [0.3, 0.4) is 0 Å². The lowest BCUT2D eigenvalue weighted by atomic mass is 10.2. The van der Waals surface area contributed by atoms with Crippen LogP contribution in [-0.2, 0) is 6.42 Å². The topological polar surface area (TPSA) is 80.7 Å². The highest BCUT2D eigenvalue weighted by Gasteiger charge is 2.15. The molecule has 3 rings (SSSR count). The van der Waals surface area contributed by atoms with E-state index in [1.165, 1.54) is 0 Å². The van der Waals surface area contributed by atoms with Crippen LogP contribution in [0.4, 0.5) is 0 Å². The second-order valence-electron chi connectivity index (χ2n) is 4.36. The number of rotatable bonds is 3. The number of H-pyrrole nitrogens is 1.